The summed E-state index contributed by atoms with van der Waals surface area (Å²) in [5.41, 5.74) is 0.890. The number of hydrogen-bond donors (Lipinski definition) is 0. The summed E-state index contributed by atoms with van der Waals surface area (Å²) in [6, 6.07) is 17.0. The number of carbonyl (C=O) groups is 2. The molecule has 2 saturated heterocycles. The predicted molar refractivity (Wildman–Crippen MR) is 110 cm³/mol. The maximum atomic E-state index is 13.2. The van der Waals surface area contributed by atoms with Crippen molar-refractivity contribution in [3.63, 3.8) is 0 Å². The number of anilines is 1. The normalized spacial score (nSPS) is 22.0. The van der Waals surface area contributed by atoms with Gasteiger partial charge in [0.1, 0.15) is 18.0 Å². The molecule has 6 nitrogen and oxygen atoms in total. The van der Waals surface area contributed by atoms with Crippen LogP contribution in [0.2, 0.25) is 0 Å². The second kappa shape index (κ2) is 8.25. The molecule has 0 aromatic heterocycles. The molecule has 6 heteroatoms. The van der Waals surface area contributed by atoms with Crippen molar-refractivity contribution < 1.29 is 19.1 Å². The number of piperidine rings is 1. The Labute approximate surface area is 171 Å². The van der Waals surface area contributed by atoms with Crippen molar-refractivity contribution in [2.24, 2.45) is 0 Å². The van der Waals surface area contributed by atoms with Crippen LogP contribution in [0.25, 0.3) is 0 Å². The monoisotopic (exact) mass is 394 g/mol. The number of likely N-dealkylation sites (tertiary alicyclic amines) is 1. The van der Waals surface area contributed by atoms with Crippen molar-refractivity contribution in [2.75, 3.05) is 37.7 Å². The zero-order chi connectivity index (χ0) is 20.3. The minimum absolute atomic E-state index is 0.0342. The van der Waals surface area contributed by atoms with E-state index in [1.54, 1.807) is 11.0 Å². The Hall–Kier alpha value is -2.86. The van der Waals surface area contributed by atoms with E-state index in [4.69, 9.17) is 9.47 Å². The van der Waals surface area contributed by atoms with Crippen molar-refractivity contribution in [3.05, 3.63) is 60.2 Å². The smallest absolute Gasteiger partial charge is 0.257 e. The summed E-state index contributed by atoms with van der Waals surface area (Å²) in [7, 11) is 0. The molecule has 2 aliphatic heterocycles. The third-order valence-corrected chi connectivity index (χ3v) is 5.56. The largest absolute Gasteiger partial charge is 0.493 e. The van der Waals surface area contributed by atoms with Crippen LogP contribution in [0.1, 0.15) is 30.1 Å². The molecule has 2 heterocycles. The van der Waals surface area contributed by atoms with Crippen LogP contribution in [0, 0.1) is 0 Å². The van der Waals surface area contributed by atoms with Gasteiger partial charge in [0.15, 0.2) is 0 Å². The molecule has 2 amide bonds. The minimum Gasteiger partial charge on any atom is -0.493 e. The summed E-state index contributed by atoms with van der Waals surface area (Å²) < 4.78 is 11.7. The van der Waals surface area contributed by atoms with Gasteiger partial charge >= 0.3 is 0 Å². The van der Waals surface area contributed by atoms with E-state index in [-0.39, 0.29) is 18.4 Å². The van der Waals surface area contributed by atoms with Crippen LogP contribution in [-0.2, 0) is 9.53 Å². The molecular formula is C23H26N2O4. The third-order valence-electron chi connectivity index (χ3n) is 5.56. The van der Waals surface area contributed by atoms with Crippen LogP contribution >= 0.6 is 0 Å². The van der Waals surface area contributed by atoms with Gasteiger partial charge in [0.2, 0.25) is 0 Å². The Kier molecular flexibility index (Phi) is 5.53. The second-order valence-corrected chi connectivity index (χ2v) is 7.55. The topological polar surface area (TPSA) is 59.1 Å². The minimum atomic E-state index is -0.543. The first-order valence-corrected chi connectivity index (χ1v) is 10.1. The van der Waals surface area contributed by atoms with Gasteiger partial charge in [-0.05, 0) is 44.0 Å². The molecule has 152 valence electrons. The molecule has 2 aromatic carbocycles. The molecule has 1 unspecified atom stereocenters. The molecule has 2 aliphatic rings. The standard InChI is InChI=1S/C23H26N2O4/c1-2-28-20-12-7-6-11-19(20)22(27)24-14-8-13-23(16-24)17-25(21(26)15-29-23)18-9-4-3-5-10-18/h3-7,9-12H,2,8,13-17H2,1H3. The zero-order valence-electron chi connectivity index (χ0n) is 16.7. The van der Waals surface area contributed by atoms with Crippen LogP contribution < -0.4 is 9.64 Å². The molecular weight excluding hydrogens is 368 g/mol. The van der Waals surface area contributed by atoms with Crippen LogP contribution in [0.4, 0.5) is 5.69 Å². The highest BCUT2D eigenvalue weighted by molar-refractivity contribution is 5.97. The Morgan fingerprint density at radius 3 is 2.66 bits per heavy atom. The highest BCUT2D eigenvalue weighted by Gasteiger charge is 2.44. The average Bonchev–Trinajstić information content (AvgIpc) is 2.76. The van der Waals surface area contributed by atoms with E-state index in [1.807, 2.05) is 60.4 Å². The van der Waals surface area contributed by atoms with E-state index >= 15 is 0 Å². The molecule has 29 heavy (non-hydrogen) atoms. The van der Waals surface area contributed by atoms with Gasteiger partial charge in [-0.15, -0.1) is 0 Å². The van der Waals surface area contributed by atoms with E-state index in [1.165, 1.54) is 0 Å². The van der Waals surface area contributed by atoms with Crippen molar-refractivity contribution in [1.82, 2.24) is 4.90 Å². The fourth-order valence-corrected chi connectivity index (χ4v) is 4.17. The lowest BCUT2D eigenvalue weighted by Gasteiger charge is -2.47. The van der Waals surface area contributed by atoms with E-state index < -0.39 is 5.60 Å². The molecule has 2 fully saturated rings. The lowest BCUT2D eigenvalue weighted by molar-refractivity contribution is -0.144. The second-order valence-electron chi connectivity index (χ2n) is 7.55. The highest BCUT2D eigenvalue weighted by Crippen LogP contribution is 2.33. The number of morpholine rings is 1. The van der Waals surface area contributed by atoms with Crippen LogP contribution in [0.15, 0.2) is 54.6 Å². The predicted octanol–water partition coefficient (Wildman–Crippen LogP) is 3.12. The number of benzene rings is 2. The van der Waals surface area contributed by atoms with Crippen molar-refractivity contribution in [2.45, 2.75) is 25.4 Å². The summed E-state index contributed by atoms with van der Waals surface area (Å²) in [4.78, 5) is 29.3. The molecule has 0 bridgehead atoms. The first-order chi connectivity index (χ1) is 14.1. The Balaban J connectivity index is 1.55. The Bertz CT molecular complexity index is 885. The molecule has 0 saturated carbocycles. The quantitative estimate of drug-likeness (QED) is 0.800. The van der Waals surface area contributed by atoms with Crippen molar-refractivity contribution in [1.29, 1.82) is 0 Å². The van der Waals surface area contributed by atoms with Gasteiger partial charge in [0, 0.05) is 12.2 Å². The Morgan fingerprint density at radius 1 is 1.10 bits per heavy atom. The molecule has 4 rings (SSSR count). The van der Waals surface area contributed by atoms with E-state index in [0.717, 1.165) is 18.5 Å². The summed E-state index contributed by atoms with van der Waals surface area (Å²) in [6.45, 7) is 4.03. The van der Waals surface area contributed by atoms with Gasteiger partial charge in [0.25, 0.3) is 11.8 Å². The summed E-state index contributed by atoms with van der Waals surface area (Å²) in [5, 5.41) is 0. The number of nitrogens with zero attached hydrogens (tertiary/aromatic N) is 2. The van der Waals surface area contributed by atoms with Gasteiger partial charge < -0.3 is 19.3 Å². The van der Waals surface area contributed by atoms with Crippen LogP contribution in [0.5, 0.6) is 5.75 Å². The number of carbonyl (C=O) groups excluding carboxylic acids is 2. The molecule has 1 spiro atoms. The molecule has 0 N–H and O–H groups in total. The number of amides is 2. The number of ether oxygens (including phenoxy) is 2. The van der Waals surface area contributed by atoms with Gasteiger partial charge in [-0.25, -0.2) is 0 Å². The van der Waals surface area contributed by atoms with E-state index in [2.05, 4.69) is 0 Å². The first kappa shape index (κ1) is 19.5. The number of para-hydroxylation sites is 2. The van der Waals surface area contributed by atoms with Crippen LogP contribution in [0.3, 0.4) is 0 Å². The van der Waals surface area contributed by atoms with Crippen LogP contribution in [-0.4, -0.2) is 55.2 Å². The fourth-order valence-electron chi connectivity index (χ4n) is 4.17. The maximum absolute atomic E-state index is 13.2. The number of rotatable bonds is 4. The summed E-state index contributed by atoms with van der Waals surface area (Å²) in [6.07, 6.45) is 1.65. The Morgan fingerprint density at radius 2 is 1.86 bits per heavy atom. The molecule has 0 radical (unpaired) electrons. The van der Waals surface area contributed by atoms with Crippen molar-refractivity contribution >= 4 is 17.5 Å². The SMILES string of the molecule is CCOc1ccccc1C(=O)N1CCCC2(C1)CN(c1ccccc1)C(=O)CO2. The third kappa shape index (κ3) is 3.98. The van der Waals surface area contributed by atoms with E-state index in [0.29, 0.717) is 37.6 Å². The average molecular weight is 394 g/mol. The van der Waals surface area contributed by atoms with Gasteiger partial charge in [0.05, 0.1) is 25.3 Å². The zero-order valence-corrected chi connectivity index (χ0v) is 16.7. The molecule has 2 aromatic rings. The number of hydrogen-bond acceptors (Lipinski definition) is 4. The molecule has 0 aliphatic carbocycles. The van der Waals surface area contributed by atoms with E-state index in [9.17, 15) is 9.59 Å². The first-order valence-electron chi connectivity index (χ1n) is 10.1. The summed E-state index contributed by atoms with van der Waals surface area (Å²) >= 11 is 0. The maximum Gasteiger partial charge on any atom is 0.257 e. The lowest BCUT2D eigenvalue weighted by atomic mass is 9.90. The van der Waals surface area contributed by atoms with Gasteiger partial charge in [-0.3, -0.25) is 9.59 Å². The van der Waals surface area contributed by atoms with Gasteiger partial charge in [-0.1, -0.05) is 30.3 Å². The highest BCUT2D eigenvalue weighted by atomic mass is 16.5. The van der Waals surface area contributed by atoms with Gasteiger partial charge in [-0.2, -0.15) is 0 Å². The summed E-state index contributed by atoms with van der Waals surface area (Å²) in [5.74, 6) is 0.497. The molecule has 1 atom stereocenters. The fraction of sp³-hybridized carbons (Fsp3) is 0.391. The van der Waals surface area contributed by atoms with Crippen molar-refractivity contribution in [3.8, 4) is 5.75 Å². The lowest BCUT2D eigenvalue weighted by Crippen LogP contribution is -2.62.